The van der Waals surface area contributed by atoms with E-state index in [-0.39, 0.29) is 18.6 Å². The minimum atomic E-state index is 0. The van der Waals surface area contributed by atoms with E-state index in [0.29, 0.717) is 0 Å². The Labute approximate surface area is 91.5 Å². The Balaban J connectivity index is 0.000000206. The maximum Gasteiger partial charge on any atom is 2.00 e. The molecule has 0 amide bonds. The second kappa shape index (κ2) is 9.12. The zero-order valence-electron chi connectivity index (χ0n) is 7.22. The molecule has 2 aromatic rings. The van der Waals surface area contributed by atoms with Crippen molar-refractivity contribution in [1.29, 1.82) is 0 Å². The van der Waals surface area contributed by atoms with Gasteiger partial charge in [0.1, 0.15) is 0 Å². The monoisotopic (exact) mass is 205 g/mol. The van der Waals surface area contributed by atoms with Crippen molar-refractivity contribution in [2.24, 2.45) is 0 Å². The molecule has 2 aromatic carbocycles. The molecule has 0 fully saturated rings. The first-order valence-corrected chi connectivity index (χ1v) is 3.82. The molecule has 0 aliphatic heterocycles. The van der Waals surface area contributed by atoms with E-state index in [1.54, 1.807) is 0 Å². The average Bonchev–Trinajstić information content (AvgIpc) is 2.24. The SMILES string of the molecule is [V+2].[c-]1ccccc1.[c-]1ccccc1. The third kappa shape index (κ3) is 7.39. The van der Waals surface area contributed by atoms with Crippen LogP contribution in [0.25, 0.3) is 0 Å². The zero-order valence-corrected chi connectivity index (χ0v) is 8.62. The Hall–Kier alpha value is -0.976. The predicted octanol–water partition coefficient (Wildman–Crippen LogP) is 2.97. The molecule has 0 aromatic heterocycles. The molecule has 0 saturated carbocycles. The van der Waals surface area contributed by atoms with Crippen molar-refractivity contribution in [3.63, 3.8) is 0 Å². The molecular weight excluding hydrogens is 195 g/mol. The molecule has 0 N–H and O–H groups in total. The minimum absolute atomic E-state index is 0. The first-order chi connectivity index (χ1) is 6.00. The first kappa shape index (κ1) is 12.0. The van der Waals surface area contributed by atoms with Crippen LogP contribution < -0.4 is 0 Å². The maximum absolute atomic E-state index is 2.89. The summed E-state index contributed by atoms with van der Waals surface area (Å²) in [6, 6.07) is 25.0. The summed E-state index contributed by atoms with van der Waals surface area (Å²) in [7, 11) is 0. The summed E-state index contributed by atoms with van der Waals surface area (Å²) in [6.07, 6.45) is 0. The standard InChI is InChI=1S/2C6H5.V/c2*1-2-4-6-5-3-1;/h2*1-5H;/q2*-1;+2. The van der Waals surface area contributed by atoms with Crippen LogP contribution in [0.1, 0.15) is 0 Å². The van der Waals surface area contributed by atoms with Gasteiger partial charge in [-0.25, -0.2) is 0 Å². The van der Waals surface area contributed by atoms with E-state index in [2.05, 4.69) is 12.1 Å². The Kier molecular flexibility index (Phi) is 8.43. The van der Waals surface area contributed by atoms with Crippen LogP contribution in [0.5, 0.6) is 0 Å². The molecule has 0 bridgehead atoms. The van der Waals surface area contributed by atoms with Crippen molar-refractivity contribution in [2.75, 3.05) is 0 Å². The van der Waals surface area contributed by atoms with Gasteiger partial charge in [-0.1, -0.05) is 0 Å². The fraction of sp³-hybridized carbons (Fsp3) is 0. The summed E-state index contributed by atoms with van der Waals surface area (Å²) >= 11 is 0. The van der Waals surface area contributed by atoms with Gasteiger partial charge in [-0.05, 0) is 0 Å². The summed E-state index contributed by atoms with van der Waals surface area (Å²) in [6.45, 7) is 0. The largest absolute Gasteiger partial charge is 2.00 e. The van der Waals surface area contributed by atoms with Crippen LogP contribution in [0, 0.1) is 12.1 Å². The van der Waals surface area contributed by atoms with Crippen molar-refractivity contribution in [3.8, 4) is 0 Å². The molecule has 0 nitrogen and oxygen atoms in total. The van der Waals surface area contributed by atoms with Gasteiger partial charge >= 0.3 is 18.6 Å². The van der Waals surface area contributed by atoms with Crippen LogP contribution in [0.15, 0.2) is 60.7 Å². The summed E-state index contributed by atoms with van der Waals surface area (Å²) in [5.41, 5.74) is 0. The Morgan fingerprint density at radius 2 is 0.769 bits per heavy atom. The maximum atomic E-state index is 2.89. The van der Waals surface area contributed by atoms with Crippen LogP contribution >= 0.6 is 0 Å². The van der Waals surface area contributed by atoms with Crippen molar-refractivity contribution in [1.82, 2.24) is 0 Å². The Morgan fingerprint density at radius 1 is 0.462 bits per heavy atom. The van der Waals surface area contributed by atoms with Gasteiger partial charge < -0.3 is 0 Å². The van der Waals surface area contributed by atoms with Crippen LogP contribution in [0.3, 0.4) is 0 Å². The molecule has 2 rings (SSSR count). The number of benzene rings is 2. The number of rotatable bonds is 0. The van der Waals surface area contributed by atoms with E-state index < -0.39 is 0 Å². The van der Waals surface area contributed by atoms with Crippen molar-refractivity contribution < 1.29 is 18.6 Å². The van der Waals surface area contributed by atoms with Gasteiger partial charge in [0.05, 0.1) is 0 Å². The van der Waals surface area contributed by atoms with Gasteiger partial charge in [-0.3, -0.25) is 0 Å². The van der Waals surface area contributed by atoms with E-state index in [9.17, 15) is 0 Å². The second-order valence-corrected chi connectivity index (χ2v) is 2.15. The minimum Gasteiger partial charge on any atom is -0.184 e. The number of hydrogen-bond acceptors (Lipinski definition) is 0. The molecule has 0 heterocycles. The van der Waals surface area contributed by atoms with E-state index >= 15 is 0 Å². The van der Waals surface area contributed by atoms with E-state index in [0.717, 1.165) is 0 Å². The van der Waals surface area contributed by atoms with E-state index in [1.807, 2.05) is 60.7 Å². The van der Waals surface area contributed by atoms with Crippen molar-refractivity contribution >= 4 is 0 Å². The van der Waals surface area contributed by atoms with Crippen LogP contribution in [0.2, 0.25) is 0 Å². The molecule has 1 heteroatoms. The van der Waals surface area contributed by atoms with Crippen molar-refractivity contribution in [3.05, 3.63) is 72.8 Å². The summed E-state index contributed by atoms with van der Waals surface area (Å²) in [5.74, 6) is 0. The Bertz CT molecular complexity index is 181. The summed E-state index contributed by atoms with van der Waals surface area (Å²) in [4.78, 5) is 0. The quantitative estimate of drug-likeness (QED) is 0.580. The van der Waals surface area contributed by atoms with Gasteiger partial charge in [0.15, 0.2) is 0 Å². The van der Waals surface area contributed by atoms with Gasteiger partial charge in [-0.15, -0.1) is 0 Å². The number of hydrogen-bond donors (Lipinski definition) is 0. The fourth-order valence-electron chi connectivity index (χ4n) is 0.684. The molecule has 0 aliphatic rings. The topological polar surface area (TPSA) is 0 Å². The van der Waals surface area contributed by atoms with Gasteiger partial charge in [0, 0.05) is 0 Å². The molecule has 1 radical (unpaired) electrons. The normalized spacial score (nSPS) is 7.38. The van der Waals surface area contributed by atoms with E-state index in [1.165, 1.54) is 0 Å². The fourth-order valence-corrected chi connectivity index (χ4v) is 0.684. The van der Waals surface area contributed by atoms with Gasteiger partial charge in [0.25, 0.3) is 0 Å². The van der Waals surface area contributed by atoms with Gasteiger partial charge in [0.2, 0.25) is 0 Å². The van der Waals surface area contributed by atoms with Crippen LogP contribution in [-0.2, 0) is 18.6 Å². The van der Waals surface area contributed by atoms with Gasteiger partial charge in [-0.2, -0.15) is 72.8 Å². The van der Waals surface area contributed by atoms with Crippen LogP contribution in [0.4, 0.5) is 0 Å². The average molecular weight is 205 g/mol. The third-order valence-corrected chi connectivity index (χ3v) is 1.21. The third-order valence-electron chi connectivity index (χ3n) is 1.21. The smallest absolute Gasteiger partial charge is 0.184 e. The molecule has 0 spiro atoms. The van der Waals surface area contributed by atoms with E-state index in [4.69, 9.17) is 0 Å². The molecule has 0 saturated heterocycles. The molecule has 63 valence electrons. The van der Waals surface area contributed by atoms with Crippen LogP contribution in [-0.4, -0.2) is 0 Å². The molecule has 0 unspecified atom stereocenters. The molecule has 13 heavy (non-hydrogen) atoms. The first-order valence-electron chi connectivity index (χ1n) is 3.82. The summed E-state index contributed by atoms with van der Waals surface area (Å²) < 4.78 is 0. The molecule has 0 aliphatic carbocycles. The second-order valence-electron chi connectivity index (χ2n) is 2.15. The van der Waals surface area contributed by atoms with Crippen molar-refractivity contribution in [2.45, 2.75) is 0 Å². The molecular formula is C12H10V. The summed E-state index contributed by atoms with van der Waals surface area (Å²) in [5, 5.41) is 0. The Morgan fingerprint density at radius 3 is 0.846 bits per heavy atom. The predicted molar refractivity (Wildman–Crippen MR) is 50.6 cm³/mol. The zero-order chi connectivity index (χ0) is 8.49. The molecule has 0 atom stereocenters.